The summed E-state index contributed by atoms with van der Waals surface area (Å²) in [5.74, 6) is -1.21. The molecule has 0 heterocycles. The fourth-order valence-electron chi connectivity index (χ4n) is 5.54. The molecule has 1 aliphatic rings. The number of hydrogen-bond acceptors (Lipinski definition) is 2. The summed E-state index contributed by atoms with van der Waals surface area (Å²) in [6, 6.07) is 34.8. The first-order valence-corrected chi connectivity index (χ1v) is 13.4. The SMILES string of the molecule is O=C(/C=C/c1ccccc1)[C@H]1[C@H](c2ccc(Cl)cc2)[C@@H](c2ccc(Cl)cc2)C[C@]1(O)/C=C/c1ccccc1. The van der Waals surface area contributed by atoms with Crippen LogP contribution in [0.3, 0.4) is 0 Å². The van der Waals surface area contributed by atoms with Gasteiger partial charge in [0.05, 0.1) is 11.5 Å². The smallest absolute Gasteiger partial charge is 0.162 e. The summed E-state index contributed by atoms with van der Waals surface area (Å²) < 4.78 is 0. The Morgan fingerprint density at radius 1 is 0.711 bits per heavy atom. The maximum absolute atomic E-state index is 14.0. The van der Waals surface area contributed by atoms with Crippen LogP contribution in [0.1, 0.15) is 40.5 Å². The van der Waals surface area contributed by atoms with Gasteiger partial charge in [0.15, 0.2) is 5.78 Å². The van der Waals surface area contributed by atoms with E-state index in [2.05, 4.69) is 0 Å². The first-order valence-electron chi connectivity index (χ1n) is 12.7. The zero-order chi connectivity index (χ0) is 26.5. The molecular formula is C34H28Cl2O2. The van der Waals surface area contributed by atoms with Gasteiger partial charge >= 0.3 is 0 Å². The van der Waals surface area contributed by atoms with E-state index < -0.39 is 11.5 Å². The van der Waals surface area contributed by atoms with Gasteiger partial charge in [-0.2, -0.15) is 0 Å². The van der Waals surface area contributed by atoms with Crippen molar-refractivity contribution in [3.63, 3.8) is 0 Å². The van der Waals surface area contributed by atoms with E-state index in [1.165, 1.54) is 0 Å². The van der Waals surface area contributed by atoms with E-state index in [0.717, 1.165) is 22.3 Å². The van der Waals surface area contributed by atoms with Crippen LogP contribution in [0.5, 0.6) is 0 Å². The van der Waals surface area contributed by atoms with Gasteiger partial charge in [-0.3, -0.25) is 4.79 Å². The monoisotopic (exact) mass is 538 g/mol. The Hall–Kier alpha value is -3.43. The summed E-state index contributed by atoms with van der Waals surface area (Å²) in [5, 5.41) is 13.5. The lowest BCUT2D eigenvalue weighted by atomic mass is 9.76. The highest BCUT2D eigenvalue weighted by molar-refractivity contribution is 6.30. The lowest BCUT2D eigenvalue weighted by Gasteiger charge is -2.29. The molecule has 0 amide bonds. The molecule has 0 saturated heterocycles. The Bertz CT molecular complexity index is 1430. The molecule has 2 nitrogen and oxygen atoms in total. The predicted molar refractivity (Wildman–Crippen MR) is 157 cm³/mol. The molecule has 5 rings (SSSR count). The molecule has 1 saturated carbocycles. The molecule has 4 aromatic rings. The Morgan fingerprint density at radius 3 is 1.76 bits per heavy atom. The Kier molecular flexibility index (Phi) is 7.95. The molecule has 4 atom stereocenters. The third-order valence-electron chi connectivity index (χ3n) is 7.34. The second kappa shape index (κ2) is 11.5. The number of halogens is 2. The number of ketones is 1. The van der Waals surface area contributed by atoms with E-state index in [1.807, 2.05) is 121 Å². The molecule has 0 unspecified atom stereocenters. The Balaban J connectivity index is 1.62. The van der Waals surface area contributed by atoms with E-state index in [-0.39, 0.29) is 17.6 Å². The zero-order valence-corrected chi connectivity index (χ0v) is 22.3. The normalized spacial score (nSPS) is 23.3. The topological polar surface area (TPSA) is 37.3 Å². The Morgan fingerprint density at radius 2 is 1.21 bits per heavy atom. The third-order valence-corrected chi connectivity index (χ3v) is 7.85. The first kappa shape index (κ1) is 26.2. The van der Waals surface area contributed by atoms with E-state index >= 15 is 0 Å². The molecule has 0 radical (unpaired) electrons. The van der Waals surface area contributed by atoms with Crippen molar-refractivity contribution < 1.29 is 9.90 Å². The summed E-state index contributed by atoms with van der Waals surface area (Å²) in [4.78, 5) is 14.0. The number of hydrogen-bond donors (Lipinski definition) is 1. The number of rotatable bonds is 7. The van der Waals surface area contributed by atoms with E-state index in [0.29, 0.717) is 16.5 Å². The van der Waals surface area contributed by atoms with Crippen molar-refractivity contribution in [3.05, 3.63) is 154 Å². The van der Waals surface area contributed by atoms with Crippen molar-refractivity contribution in [2.24, 2.45) is 5.92 Å². The lowest BCUT2D eigenvalue weighted by molar-refractivity contribution is -0.123. The average Bonchev–Trinajstić information content (AvgIpc) is 3.26. The Labute approximate surface area is 233 Å². The standard InChI is InChI=1S/C34H28Cl2O2/c35-28-16-12-26(13-17-28)30-23-34(38,22-21-25-9-5-2-6-10-25)33(32(30)27-14-18-29(36)19-15-27)31(37)20-11-24-7-3-1-4-8-24/h1-22,30,32-33,38H,23H2/b20-11+,22-21+/t30-,32-,33+,34-/m1/s1. The third kappa shape index (κ3) is 5.84. The van der Waals surface area contributed by atoms with Crippen LogP contribution in [0.4, 0.5) is 0 Å². The molecule has 1 fully saturated rings. The summed E-state index contributed by atoms with van der Waals surface area (Å²) in [6.07, 6.45) is 7.53. The molecule has 38 heavy (non-hydrogen) atoms. The highest BCUT2D eigenvalue weighted by Crippen LogP contribution is 2.56. The summed E-state index contributed by atoms with van der Waals surface area (Å²) >= 11 is 12.4. The van der Waals surface area contributed by atoms with Crippen LogP contribution >= 0.6 is 23.2 Å². The number of carbonyl (C=O) groups excluding carboxylic acids is 1. The van der Waals surface area contributed by atoms with Gasteiger partial charge in [-0.15, -0.1) is 0 Å². The largest absolute Gasteiger partial charge is 0.385 e. The quantitative estimate of drug-likeness (QED) is 0.239. The van der Waals surface area contributed by atoms with Gasteiger partial charge in [-0.25, -0.2) is 0 Å². The van der Waals surface area contributed by atoms with Crippen molar-refractivity contribution >= 4 is 41.1 Å². The van der Waals surface area contributed by atoms with Crippen LogP contribution in [0.15, 0.2) is 121 Å². The number of aliphatic hydroxyl groups is 1. The lowest BCUT2D eigenvalue weighted by Crippen LogP contribution is -2.37. The van der Waals surface area contributed by atoms with Crippen molar-refractivity contribution in [1.82, 2.24) is 0 Å². The zero-order valence-electron chi connectivity index (χ0n) is 20.8. The number of carbonyl (C=O) groups is 1. The van der Waals surface area contributed by atoms with Gasteiger partial charge in [0.1, 0.15) is 0 Å². The van der Waals surface area contributed by atoms with Crippen molar-refractivity contribution in [2.45, 2.75) is 23.9 Å². The predicted octanol–water partition coefficient (Wildman–Crippen LogP) is 8.61. The molecular weight excluding hydrogens is 511 g/mol. The van der Waals surface area contributed by atoms with Crippen LogP contribution < -0.4 is 0 Å². The van der Waals surface area contributed by atoms with Crippen molar-refractivity contribution in [3.8, 4) is 0 Å². The minimum absolute atomic E-state index is 0.113. The molecule has 1 N–H and O–H groups in total. The minimum atomic E-state index is -1.37. The fourth-order valence-corrected chi connectivity index (χ4v) is 5.79. The molecule has 0 aromatic heterocycles. The molecule has 4 heteroatoms. The van der Waals surface area contributed by atoms with Crippen LogP contribution in [-0.4, -0.2) is 16.5 Å². The van der Waals surface area contributed by atoms with Gasteiger partial charge in [0.2, 0.25) is 0 Å². The summed E-state index contributed by atoms with van der Waals surface area (Å²) in [5.41, 5.74) is 2.51. The van der Waals surface area contributed by atoms with Crippen LogP contribution in [-0.2, 0) is 4.79 Å². The van der Waals surface area contributed by atoms with E-state index in [1.54, 1.807) is 12.2 Å². The second-order valence-corrected chi connectivity index (χ2v) is 10.7. The number of benzene rings is 4. The molecule has 4 aromatic carbocycles. The fraction of sp³-hybridized carbons (Fsp3) is 0.147. The summed E-state index contributed by atoms with van der Waals surface area (Å²) in [7, 11) is 0. The van der Waals surface area contributed by atoms with Gasteiger partial charge in [-0.1, -0.05) is 126 Å². The minimum Gasteiger partial charge on any atom is -0.385 e. The van der Waals surface area contributed by atoms with Gasteiger partial charge in [-0.05, 0) is 64.9 Å². The molecule has 0 spiro atoms. The molecule has 1 aliphatic carbocycles. The van der Waals surface area contributed by atoms with Crippen LogP contribution in [0.25, 0.3) is 12.2 Å². The van der Waals surface area contributed by atoms with Crippen LogP contribution in [0.2, 0.25) is 10.0 Å². The van der Waals surface area contributed by atoms with Gasteiger partial charge in [0.25, 0.3) is 0 Å². The molecule has 190 valence electrons. The molecule has 0 aliphatic heterocycles. The average molecular weight is 540 g/mol. The number of allylic oxidation sites excluding steroid dienone is 1. The molecule has 0 bridgehead atoms. The van der Waals surface area contributed by atoms with Gasteiger partial charge in [0, 0.05) is 16.0 Å². The highest BCUT2D eigenvalue weighted by atomic mass is 35.5. The van der Waals surface area contributed by atoms with Crippen molar-refractivity contribution in [1.29, 1.82) is 0 Å². The summed E-state index contributed by atoms with van der Waals surface area (Å²) in [6.45, 7) is 0. The van der Waals surface area contributed by atoms with Crippen LogP contribution in [0, 0.1) is 5.92 Å². The second-order valence-electron chi connectivity index (χ2n) is 9.80. The maximum Gasteiger partial charge on any atom is 0.162 e. The van der Waals surface area contributed by atoms with Crippen molar-refractivity contribution in [2.75, 3.05) is 0 Å². The van der Waals surface area contributed by atoms with Gasteiger partial charge < -0.3 is 5.11 Å². The van der Waals surface area contributed by atoms with E-state index in [4.69, 9.17) is 23.2 Å². The first-order chi connectivity index (χ1) is 18.4. The maximum atomic E-state index is 14.0. The highest BCUT2D eigenvalue weighted by Gasteiger charge is 2.54. The van der Waals surface area contributed by atoms with E-state index in [9.17, 15) is 9.90 Å².